The molecule has 6 heteroatoms. The van der Waals surface area contributed by atoms with Gasteiger partial charge in [0.25, 0.3) is 0 Å². The van der Waals surface area contributed by atoms with E-state index >= 15 is 0 Å². The maximum absolute atomic E-state index is 10.3. The minimum Gasteiger partial charge on any atom is -0.388 e. The number of aromatic nitrogens is 2. The highest BCUT2D eigenvalue weighted by atomic mass is 79.9. The molecule has 1 heterocycles. The van der Waals surface area contributed by atoms with Gasteiger partial charge in [0, 0.05) is 28.0 Å². The van der Waals surface area contributed by atoms with Crippen molar-refractivity contribution in [2.45, 2.75) is 19.4 Å². The normalized spacial score (nSPS) is 12.7. The maximum Gasteiger partial charge on any atom is 0.130 e. The van der Waals surface area contributed by atoms with Gasteiger partial charge in [-0.05, 0) is 30.7 Å². The summed E-state index contributed by atoms with van der Waals surface area (Å²) in [6.45, 7) is 1.89. The van der Waals surface area contributed by atoms with Crippen LogP contribution in [0.15, 0.2) is 27.1 Å². The number of aliphatic hydroxyl groups excluding tert-OH is 1. The Hall–Kier alpha value is -0.360. The van der Waals surface area contributed by atoms with Crippen LogP contribution in [-0.4, -0.2) is 14.9 Å². The van der Waals surface area contributed by atoms with Gasteiger partial charge in [0.1, 0.15) is 5.15 Å². The number of aryl methyl sites for hydroxylation is 2. The lowest BCUT2D eigenvalue weighted by Crippen LogP contribution is -2.03. The summed E-state index contributed by atoms with van der Waals surface area (Å²) in [4.78, 5) is 0. The first-order valence-corrected chi connectivity index (χ1v) is 7.67. The zero-order valence-corrected chi connectivity index (χ0v) is 14.4. The molecule has 1 aromatic carbocycles. The highest BCUT2D eigenvalue weighted by molar-refractivity contribution is 9.11. The fourth-order valence-corrected chi connectivity index (χ4v) is 3.57. The summed E-state index contributed by atoms with van der Waals surface area (Å²) < 4.78 is 3.46. The summed E-state index contributed by atoms with van der Waals surface area (Å²) in [6, 6.07) is 5.72. The Kier molecular flexibility index (Phi) is 4.71. The Bertz CT molecular complexity index is 593. The zero-order valence-electron chi connectivity index (χ0n) is 10.5. The molecule has 0 saturated carbocycles. The van der Waals surface area contributed by atoms with E-state index in [2.05, 4.69) is 37.0 Å². The van der Waals surface area contributed by atoms with Crippen molar-refractivity contribution in [2.75, 3.05) is 0 Å². The summed E-state index contributed by atoms with van der Waals surface area (Å²) in [7, 11) is 1.79. The fourth-order valence-electron chi connectivity index (χ4n) is 1.98. The molecule has 0 saturated heterocycles. The minimum atomic E-state index is -0.616. The van der Waals surface area contributed by atoms with Crippen LogP contribution >= 0.6 is 43.5 Å². The molecule has 0 spiro atoms. The van der Waals surface area contributed by atoms with Crippen molar-refractivity contribution in [1.82, 2.24) is 9.78 Å². The van der Waals surface area contributed by atoms with Crippen LogP contribution in [0.3, 0.4) is 0 Å². The van der Waals surface area contributed by atoms with Crippen molar-refractivity contribution in [3.63, 3.8) is 0 Å². The molecule has 1 unspecified atom stereocenters. The average molecular weight is 409 g/mol. The second kappa shape index (κ2) is 5.95. The van der Waals surface area contributed by atoms with E-state index in [1.807, 2.05) is 25.1 Å². The molecule has 0 amide bonds. The lowest BCUT2D eigenvalue weighted by atomic mass is 10.0. The summed E-state index contributed by atoms with van der Waals surface area (Å²) in [5, 5.41) is 15.2. The Balaban J connectivity index is 2.27. The first kappa shape index (κ1) is 15.0. The highest BCUT2D eigenvalue weighted by Crippen LogP contribution is 2.29. The number of hydrogen-bond acceptors (Lipinski definition) is 2. The maximum atomic E-state index is 10.3. The molecular weight excluding hydrogens is 395 g/mol. The third kappa shape index (κ3) is 3.40. The molecule has 19 heavy (non-hydrogen) atoms. The molecule has 2 aromatic rings. The van der Waals surface area contributed by atoms with Gasteiger partial charge < -0.3 is 5.11 Å². The monoisotopic (exact) mass is 406 g/mol. The molecule has 1 atom stereocenters. The average Bonchev–Trinajstić information content (AvgIpc) is 2.54. The van der Waals surface area contributed by atoms with Crippen molar-refractivity contribution in [3.05, 3.63) is 49.1 Å². The van der Waals surface area contributed by atoms with Crippen LogP contribution in [0.1, 0.15) is 22.9 Å². The van der Waals surface area contributed by atoms with E-state index in [1.54, 1.807) is 11.7 Å². The van der Waals surface area contributed by atoms with Crippen molar-refractivity contribution >= 4 is 43.5 Å². The molecule has 2 rings (SSSR count). The van der Waals surface area contributed by atoms with Gasteiger partial charge >= 0.3 is 0 Å². The molecular formula is C13H13Br2ClN2O. The molecule has 0 aliphatic carbocycles. The first-order chi connectivity index (χ1) is 8.88. The van der Waals surface area contributed by atoms with E-state index in [-0.39, 0.29) is 0 Å². The third-order valence-electron chi connectivity index (χ3n) is 2.94. The van der Waals surface area contributed by atoms with Gasteiger partial charge in [-0.3, -0.25) is 4.68 Å². The lowest BCUT2D eigenvalue weighted by molar-refractivity contribution is 0.178. The molecule has 102 valence electrons. The van der Waals surface area contributed by atoms with Gasteiger partial charge in [-0.25, -0.2) is 0 Å². The number of hydrogen-bond donors (Lipinski definition) is 1. The Morgan fingerprint density at radius 2 is 1.89 bits per heavy atom. The second-order valence-electron chi connectivity index (χ2n) is 4.40. The van der Waals surface area contributed by atoms with Crippen molar-refractivity contribution in [1.29, 1.82) is 0 Å². The number of aliphatic hydroxyl groups is 1. The van der Waals surface area contributed by atoms with Crippen LogP contribution < -0.4 is 0 Å². The van der Waals surface area contributed by atoms with E-state index < -0.39 is 6.10 Å². The molecule has 0 aliphatic heterocycles. The van der Waals surface area contributed by atoms with Crippen LogP contribution in [-0.2, 0) is 13.5 Å². The Morgan fingerprint density at radius 3 is 2.37 bits per heavy atom. The Labute approximate surface area is 133 Å². The van der Waals surface area contributed by atoms with Crippen LogP contribution in [0.5, 0.6) is 0 Å². The molecule has 0 fully saturated rings. The van der Waals surface area contributed by atoms with Gasteiger partial charge in [-0.15, -0.1) is 0 Å². The number of halogens is 3. The highest BCUT2D eigenvalue weighted by Gasteiger charge is 2.17. The van der Waals surface area contributed by atoms with Gasteiger partial charge in [0.05, 0.1) is 11.8 Å². The minimum absolute atomic E-state index is 0.446. The van der Waals surface area contributed by atoms with E-state index in [9.17, 15) is 5.11 Å². The number of rotatable bonds is 3. The van der Waals surface area contributed by atoms with Crippen molar-refractivity contribution < 1.29 is 5.11 Å². The largest absolute Gasteiger partial charge is 0.388 e. The SMILES string of the molecule is Cc1nn(C)c(Cl)c1CC(O)c1cc(Br)cc(Br)c1. The third-order valence-corrected chi connectivity index (χ3v) is 4.33. The number of benzene rings is 1. The van der Waals surface area contributed by atoms with E-state index in [0.29, 0.717) is 11.6 Å². The molecule has 1 N–H and O–H groups in total. The van der Waals surface area contributed by atoms with Crippen LogP contribution in [0.4, 0.5) is 0 Å². The molecule has 0 aliphatic rings. The van der Waals surface area contributed by atoms with E-state index in [1.165, 1.54) is 0 Å². The predicted molar refractivity (Wildman–Crippen MR) is 83.5 cm³/mol. The van der Waals surface area contributed by atoms with Gasteiger partial charge in [-0.1, -0.05) is 43.5 Å². The van der Waals surface area contributed by atoms with E-state index in [4.69, 9.17) is 11.6 Å². The smallest absolute Gasteiger partial charge is 0.130 e. The van der Waals surface area contributed by atoms with Crippen LogP contribution in [0.25, 0.3) is 0 Å². The van der Waals surface area contributed by atoms with Crippen molar-refractivity contribution in [2.24, 2.45) is 7.05 Å². The predicted octanol–water partition coefficient (Wildman–Crippen LogP) is 4.18. The summed E-state index contributed by atoms with van der Waals surface area (Å²) in [5.41, 5.74) is 2.56. The molecule has 0 bridgehead atoms. The molecule has 3 nitrogen and oxygen atoms in total. The number of nitrogens with zero attached hydrogens (tertiary/aromatic N) is 2. The molecule has 0 radical (unpaired) electrons. The summed E-state index contributed by atoms with van der Waals surface area (Å²) >= 11 is 13.0. The van der Waals surface area contributed by atoms with Gasteiger partial charge in [0.2, 0.25) is 0 Å². The second-order valence-corrected chi connectivity index (χ2v) is 6.59. The van der Waals surface area contributed by atoms with Crippen molar-refractivity contribution in [3.8, 4) is 0 Å². The van der Waals surface area contributed by atoms with Gasteiger partial charge in [0.15, 0.2) is 0 Å². The Morgan fingerprint density at radius 1 is 1.32 bits per heavy atom. The first-order valence-electron chi connectivity index (χ1n) is 5.70. The van der Waals surface area contributed by atoms with E-state index in [0.717, 1.165) is 25.8 Å². The van der Waals surface area contributed by atoms with Crippen LogP contribution in [0.2, 0.25) is 5.15 Å². The molecule has 1 aromatic heterocycles. The van der Waals surface area contributed by atoms with Crippen LogP contribution in [0, 0.1) is 6.92 Å². The van der Waals surface area contributed by atoms with Gasteiger partial charge in [-0.2, -0.15) is 5.10 Å². The quantitative estimate of drug-likeness (QED) is 0.827. The standard InChI is InChI=1S/C13H13Br2ClN2O/c1-7-11(13(16)18(2)17-7)6-12(19)8-3-9(14)5-10(15)4-8/h3-5,12,19H,6H2,1-2H3. The topological polar surface area (TPSA) is 38.0 Å². The summed E-state index contributed by atoms with van der Waals surface area (Å²) in [5.74, 6) is 0. The fraction of sp³-hybridized carbons (Fsp3) is 0.308. The summed E-state index contributed by atoms with van der Waals surface area (Å²) in [6.07, 6.45) is -0.171. The lowest BCUT2D eigenvalue weighted by Gasteiger charge is -2.12. The zero-order chi connectivity index (χ0) is 14.2.